The number of fused-ring (bicyclic) bond motifs is 1. The third kappa shape index (κ3) is 3.27. The van der Waals surface area contributed by atoms with Crippen molar-refractivity contribution in [3.05, 3.63) is 95.0 Å². The zero-order valence-electron chi connectivity index (χ0n) is 15.7. The number of rotatable bonds is 3. The van der Waals surface area contributed by atoms with Gasteiger partial charge in [0, 0.05) is 35.9 Å². The minimum Gasteiger partial charge on any atom is -0.378 e. The molecule has 0 N–H and O–H groups in total. The number of nitrogens with zero attached hydrogens (tertiary/aromatic N) is 3. The van der Waals surface area contributed by atoms with Gasteiger partial charge in [-0.15, -0.1) is 0 Å². The summed E-state index contributed by atoms with van der Waals surface area (Å²) >= 11 is 0. The van der Waals surface area contributed by atoms with Crippen LogP contribution in [-0.4, -0.2) is 26.3 Å². The van der Waals surface area contributed by atoms with Gasteiger partial charge in [0.1, 0.15) is 0 Å². The van der Waals surface area contributed by atoms with Crippen LogP contribution in [0.15, 0.2) is 83.9 Å². The molecule has 2 aliphatic rings. The molecule has 28 heavy (non-hydrogen) atoms. The predicted octanol–water partition coefficient (Wildman–Crippen LogP) is 3.10. The first-order valence-corrected chi connectivity index (χ1v) is 9.79. The Morgan fingerprint density at radius 2 is 1.43 bits per heavy atom. The lowest BCUT2D eigenvalue weighted by Gasteiger charge is -2.32. The van der Waals surface area contributed by atoms with E-state index < -0.39 is 0 Å². The first kappa shape index (κ1) is 17.0. The van der Waals surface area contributed by atoms with Crippen molar-refractivity contribution < 1.29 is 4.74 Å². The Kier molecular flexibility index (Phi) is 4.55. The Labute approximate surface area is 165 Å². The topological polar surface area (TPSA) is 28.1 Å². The fraction of sp³-hybridized carbons (Fsp3) is 0.208. The monoisotopic (exact) mass is 369 g/mol. The van der Waals surface area contributed by atoms with Crippen LogP contribution in [0.5, 0.6) is 0 Å². The van der Waals surface area contributed by atoms with Gasteiger partial charge in [-0.3, -0.25) is 4.99 Å². The standard InChI is InChI=1S/C24H23N3O/c1-2-6-19(7-3-1)24-25-23-9-5-4-8-20(23)18-27(24)22-12-10-21(11-13-22)26-14-16-28-17-15-26/h1-13,18,24H,14-17H2. The first-order valence-electron chi connectivity index (χ1n) is 9.79. The summed E-state index contributed by atoms with van der Waals surface area (Å²) in [4.78, 5) is 9.69. The average Bonchev–Trinajstić information content (AvgIpc) is 2.79. The van der Waals surface area contributed by atoms with Crippen molar-refractivity contribution in [2.45, 2.75) is 6.17 Å². The smallest absolute Gasteiger partial charge is 0.151 e. The summed E-state index contributed by atoms with van der Waals surface area (Å²) in [5, 5.41) is 2.18. The maximum Gasteiger partial charge on any atom is 0.151 e. The molecule has 1 atom stereocenters. The Hall–Kier alpha value is -3.11. The number of morpholine rings is 1. The molecule has 3 aromatic carbocycles. The highest BCUT2D eigenvalue weighted by atomic mass is 16.5. The molecule has 140 valence electrons. The van der Waals surface area contributed by atoms with E-state index in [0.717, 1.165) is 42.6 Å². The SMILES string of the molecule is C1=c2ccccc2=NC(c2ccccc2)N1c1ccc(N2CCOCC2)cc1. The van der Waals surface area contributed by atoms with Gasteiger partial charge in [0.05, 0.1) is 18.6 Å². The lowest BCUT2D eigenvalue weighted by Crippen LogP contribution is -2.38. The zero-order chi connectivity index (χ0) is 18.8. The average molecular weight is 369 g/mol. The van der Waals surface area contributed by atoms with E-state index in [9.17, 15) is 0 Å². The van der Waals surface area contributed by atoms with Crippen LogP contribution in [0.25, 0.3) is 6.20 Å². The number of hydrogen-bond acceptors (Lipinski definition) is 4. The summed E-state index contributed by atoms with van der Waals surface area (Å²) in [6, 6.07) is 27.6. The van der Waals surface area contributed by atoms with E-state index in [2.05, 4.69) is 82.7 Å². The van der Waals surface area contributed by atoms with E-state index in [4.69, 9.17) is 9.73 Å². The van der Waals surface area contributed by atoms with Crippen LogP contribution in [-0.2, 0) is 4.74 Å². The quantitative estimate of drug-likeness (QED) is 0.710. The van der Waals surface area contributed by atoms with Crippen LogP contribution in [0.2, 0.25) is 0 Å². The molecule has 1 unspecified atom stereocenters. The van der Waals surface area contributed by atoms with Crippen molar-refractivity contribution in [3.8, 4) is 0 Å². The van der Waals surface area contributed by atoms with E-state index in [1.807, 2.05) is 12.1 Å². The van der Waals surface area contributed by atoms with Crippen LogP contribution in [0.1, 0.15) is 11.7 Å². The molecule has 0 spiro atoms. The molecule has 0 aromatic heterocycles. The summed E-state index contributed by atoms with van der Waals surface area (Å²) < 4.78 is 5.47. The molecule has 2 heterocycles. The molecule has 0 aliphatic carbocycles. The number of benzene rings is 3. The van der Waals surface area contributed by atoms with E-state index >= 15 is 0 Å². The van der Waals surface area contributed by atoms with Crippen LogP contribution in [0, 0.1) is 0 Å². The molecule has 5 rings (SSSR count). The van der Waals surface area contributed by atoms with Gasteiger partial charge in [-0.2, -0.15) is 0 Å². The van der Waals surface area contributed by atoms with Crippen molar-refractivity contribution in [1.82, 2.24) is 0 Å². The molecule has 3 aromatic rings. The van der Waals surface area contributed by atoms with Crippen LogP contribution >= 0.6 is 0 Å². The summed E-state index contributed by atoms with van der Waals surface area (Å²) in [5.74, 6) is 0. The Morgan fingerprint density at radius 1 is 0.750 bits per heavy atom. The highest BCUT2D eigenvalue weighted by molar-refractivity contribution is 5.65. The predicted molar refractivity (Wildman–Crippen MR) is 113 cm³/mol. The summed E-state index contributed by atoms with van der Waals surface area (Å²) in [6.45, 7) is 3.50. The lowest BCUT2D eigenvalue weighted by atomic mass is 10.1. The second-order valence-electron chi connectivity index (χ2n) is 7.12. The van der Waals surface area contributed by atoms with E-state index in [1.54, 1.807) is 0 Å². The summed E-state index contributed by atoms with van der Waals surface area (Å²) in [6.07, 6.45) is 2.15. The molecule has 0 bridgehead atoms. The number of ether oxygens (including phenoxy) is 1. The van der Waals surface area contributed by atoms with Gasteiger partial charge in [0.15, 0.2) is 6.17 Å². The Balaban J connectivity index is 1.53. The first-order chi connectivity index (χ1) is 13.9. The van der Waals surface area contributed by atoms with E-state index in [1.165, 1.54) is 11.3 Å². The minimum absolute atomic E-state index is 0.0645. The number of anilines is 2. The van der Waals surface area contributed by atoms with Crippen LogP contribution in [0.4, 0.5) is 11.4 Å². The maximum absolute atomic E-state index is 5.47. The van der Waals surface area contributed by atoms with E-state index in [-0.39, 0.29) is 6.17 Å². The maximum atomic E-state index is 5.47. The molecule has 0 radical (unpaired) electrons. The molecule has 4 heteroatoms. The Bertz CT molecular complexity index is 1060. The van der Waals surface area contributed by atoms with Gasteiger partial charge < -0.3 is 14.5 Å². The molecular formula is C24H23N3O. The van der Waals surface area contributed by atoms with Gasteiger partial charge in [-0.1, -0.05) is 48.5 Å². The summed E-state index contributed by atoms with van der Waals surface area (Å²) in [5.41, 5.74) is 3.58. The number of hydrogen-bond donors (Lipinski definition) is 0. The van der Waals surface area contributed by atoms with Gasteiger partial charge in [-0.25, -0.2) is 0 Å². The zero-order valence-corrected chi connectivity index (χ0v) is 15.7. The lowest BCUT2D eigenvalue weighted by molar-refractivity contribution is 0.122. The van der Waals surface area contributed by atoms with Crippen LogP contribution in [0.3, 0.4) is 0 Å². The molecule has 1 fully saturated rings. The van der Waals surface area contributed by atoms with Crippen molar-refractivity contribution in [2.24, 2.45) is 4.99 Å². The fourth-order valence-corrected chi connectivity index (χ4v) is 3.86. The third-order valence-electron chi connectivity index (χ3n) is 5.36. The van der Waals surface area contributed by atoms with E-state index in [0.29, 0.717) is 0 Å². The fourth-order valence-electron chi connectivity index (χ4n) is 3.86. The second-order valence-corrected chi connectivity index (χ2v) is 7.12. The highest BCUT2D eigenvalue weighted by Crippen LogP contribution is 2.31. The Morgan fingerprint density at radius 3 is 2.21 bits per heavy atom. The minimum atomic E-state index is -0.0645. The molecule has 0 amide bonds. The van der Waals surface area contributed by atoms with Gasteiger partial charge in [0.2, 0.25) is 0 Å². The van der Waals surface area contributed by atoms with Gasteiger partial charge >= 0.3 is 0 Å². The molecule has 4 nitrogen and oxygen atoms in total. The molecule has 1 saturated heterocycles. The van der Waals surface area contributed by atoms with Gasteiger partial charge in [-0.05, 0) is 35.9 Å². The van der Waals surface area contributed by atoms with Crippen molar-refractivity contribution in [2.75, 3.05) is 36.1 Å². The third-order valence-corrected chi connectivity index (χ3v) is 5.36. The normalized spacial score (nSPS) is 18.8. The summed E-state index contributed by atoms with van der Waals surface area (Å²) in [7, 11) is 0. The molecule has 2 aliphatic heterocycles. The van der Waals surface area contributed by atoms with Crippen molar-refractivity contribution in [1.29, 1.82) is 0 Å². The van der Waals surface area contributed by atoms with Crippen molar-refractivity contribution >= 4 is 17.6 Å². The largest absolute Gasteiger partial charge is 0.378 e. The highest BCUT2D eigenvalue weighted by Gasteiger charge is 2.21. The van der Waals surface area contributed by atoms with Crippen molar-refractivity contribution in [3.63, 3.8) is 0 Å². The molecule has 0 saturated carbocycles. The van der Waals surface area contributed by atoms with Gasteiger partial charge in [0.25, 0.3) is 0 Å². The molecular weight excluding hydrogens is 346 g/mol. The number of para-hydroxylation sites is 1. The van der Waals surface area contributed by atoms with Crippen LogP contribution < -0.4 is 20.4 Å². The second kappa shape index (κ2) is 7.49.